The second-order valence-electron chi connectivity index (χ2n) is 5.51. The molecule has 18 heavy (non-hydrogen) atoms. The average molecular weight is 277 g/mol. The van der Waals surface area contributed by atoms with Gasteiger partial charge in [-0.15, -0.1) is 0 Å². The van der Waals surface area contributed by atoms with E-state index in [9.17, 15) is 13.2 Å². The molecule has 6 heteroatoms. The van der Waals surface area contributed by atoms with Crippen molar-refractivity contribution in [2.45, 2.75) is 52.0 Å². The van der Waals surface area contributed by atoms with E-state index in [1.54, 1.807) is 0 Å². The molecule has 0 bridgehead atoms. The van der Waals surface area contributed by atoms with Gasteiger partial charge in [-0.1, -0.05) is 13.8 Å². The molecule has 0 heterocycles. The highest BCUT2D eigenvalue weighted by Crippen LogP contribution is 2.24. The Morgan fingerprint density at radius 3 is 2.28 bits per heavy atom. The maximum atomic E-state index is 11.8. The molecule has 0 unspecified atom stereocenters. The second-order valence-corrected chi connectivity index (χ2v) is 7.38. The summed E-state index contributed by atoms with van der Waals surface area (Å²) in [5.74, 6) is -0.550. The van der Waals surface area contributed by atoms with Crippen LogP contribution >= 0.6 is 0 Å². The number of rotatable bonds is 6. The van der Waals surface area contributed by atoms with Gasteiger partial charge in [0.05, 0.1) is 11.7 Å². The SMILES string of the molecule is CC(C)CCS(=O)(=O)NC1CCC(C(=O)O)CC1. The fourth-order valence-electron chi connectivity index (χ4n) is 2.16. The van der Waals surface area contributed by atoms with E-state index in [0.717, 1.165) is 0 Å². The van der Waals surface area contributed by atoms with Crippen molar-refractivity contribution in [3.05, 3.63) is 0 Å². The Morgan fingerprint density at radius 2 is 1.83 bits per heavy atom. The van der Waals surface area contributed by atoms with Crippen molar-refractivity contribution in [2.24, 2.45) is 11.8 Å². The van der Waals surface area contributed by atoms with Crippen LogP contribution in [0.15, 0.2) is 0 Å². The number of hydrogen-bond donors (Lipinski definition) is 2. The number of carbonyl (C=O) groups is 1. The summed E-state index contributed by atoms with van der Waals surface area (Å²) in [6.45, 7) is 3.99. The second kappa shape index (κ2) is 6.52. The predicted octanol–water partition coefficient (Wildman–Crippen LogP) is 1.60. The van der Waals surface area contributed by atoms with Gasteiger partial charge in [-0.05, 0) is 38.0 Å². The van der Waals surface area contributed by atoms with Crippen molar-refractivity contribution >= 4 is 16.0 Å². The summed E-state index contributed by atoms with van der Waals surface area (Å²) in [5, 5.41) is 8.86. The molecule has 1 aliphatic rings. The molecule has 2 N–H and O–H groups in total. The molecule has 0 saturated heterocycles. The van der Waals surface area contributed by atoms with Gasteiger partial charge in [-0.2, -0.15) is 0 Å². The summed E-state index contributed by atoms with van der Waals surface area (Å²) < 4.78 is 26.3. The molecule has 1 aliphatic carbocycles. The first-order valence-corrected chi connectivity index (χ1v) is 8.18. The topological polar surface area (TPSA) is 83.5 Å². The Labute approximate surface area is 109 Å². The van der Waals surface area contributed by atoms with Crippen molar-refractivity contribution < 1.29 is 18.3 Å². The molecule has 1 rings (SSSR count). The van der Waals surface area contributed by atoms with Crippen LogP contribution in [-0.4, -0.2) is 31.3 Å². The molecule has 5 nitrogen and oxygen atoms in total. The summed E-state index contributed by atoms with van der Waals surface area (Å²) in [5.41, 5.74) is 0. The fourth-order valence-corrected chi connectivity index (χ4v) is 3.81. The van der Waals surface area contributed by atoms with Crippen molar-refractivity contribution in [3.8, 4) is 0 Å². The quantitative estimate of drug-likeness (QED) is 0.772. The highest BCUT2D eigenvalue weighted by atomic mass is 32.2. The molecule has 0 aromatic rings. The highest BCUT2D eigenvalue weighted by molar-refractivity contribution is 7.89. The molecule has 0 radical (unpaired) electrons. The molecule has 0 aromatic carbocycles. The maximum Gasteiger partial charge on any atom is 0.306 e. The molecule has 0 amide bonds. The van der Waals surface area contributed by atoms with Gasteiger partial charge >= 0.3 is 5.97 Å². The number of sulfonamides is 1. The van der Waals surface area contributed by atoms with Crippen LogP contribution in [-0.2, 0) is 14.8 Å². The van der Waals surface area contributed by atoms with Crippen LogP contribution in [0.1, 0.15) is 46.0 Å². The van der Waals surface area contributed by atoms with E-state index < -0.39 is 16.0 Å². The zero-order valence-corrected chi connectivity index (χ0v) is 11.9. The maximum absolute atomic E-state index is 11.8. The van der Waals surface area contributed by atoms with Gasteiger partial charge in [0, 0.05) is 6.04 Å². The minimum atomic E-state index is -3.21. The van der Waals surface area contributed by atoms with Gasteiger partial charge in [-0.3, -0.25) is 4.79 Å². The molecular weight excluding hydrogens is 254 g/mol. The Hall–Kier alpha value is -0.620. The van der Waals surface area contributed by atoms with Gasteiger partial charge in [0.1, 0.15) is 0 Å². The standard InChI is InChI=1S/C12H23NO4S/c1-9(2)7-8-18(16,17)13-11-5-3-10(4-6-11)12(14)15/h9-11,13H,3-8H2,1-2H3,(H,14,15). The van der Waals surface area contributed by atoms with Crippen LogP contribution in [0.2, 0.25) is 0 Å². The van der Waals surface area contributed by atoms with Crippen molar-refractivity contribution in [1.82, 2.24) is 4.72 Å². The predicted molar refractivity (Wildman–Crippen MR) is 69.8 cm³/mol. The number of hydrogen-bond acceptors (Lipinski definition) is 3. The third kappa shape index (κ3) is 5.35. The molecule has 0 aliphatic heterocycles. The monoisotopic (exact) mass is 277 g/mol. The van der Waals surface area contributed by atoms with Crippen LogP contribution in [0.3, 0.4) is 0 Å². The summed E-state index contributed by atoms with van der Waals surface area (Å²) in [4.78, 5) is 10.8. The van der Waals surface area contributed by atoms with Crippen molar-refractivity contribution in [3.63, 3.8) is 0 Å². The Morgan fingerprint density at radius 1 is 1.28 bits per heavy atom. The first-order valence-electron chi connectivity index (χ1n) is 6.53. The summed E-state index contributed by atoms with van der Waals surface area (Å²) >= 11 is 0. The van der Waals surface area contributed by atoms with Crippen LogP contribution in [0.4, 0.5) is 0 Å². The van der Waals surface area contributed by atoms with Gasteiger partial charge in [0.2, 0.25) is 10.0 Å². The molecule has 1 fully saturated rings. The Balaban J connectivity index is 2.38. The van der Waals surface area contributed by atoms with E-state index in [-0.39, 0.29) is 17.7 Å². The van der Waals surface area contributed by atoms with Gasteiger partial charge in [-0.25, -0.2) is 13.1 Å². The van der Waals surface area contributed by atoms with E-state index >= 15 is 0 Å². The summed E-state index contributed by atoms with van der Waals surface area (Å²) in [6.07, 6.45) is 3.02. The van der Waals surface area contributed by atoms with Gasteiger partial charge in [0.25, 0.3) is 0 Å². The number of nitrogens with one attached hydrogen (secondary N) is 1. The van der Waals surface area contributed by atoms with Crippen LogP contribution in [0, 0.1) is 11.8 Å². The van der Waals surface area contributed by atoms with Crippen LogP contribution < -0.4 is 4.72 Å². The fraction of sp³-hybridized carbons (Fsp3) is 0.917. The molecule has 106 valence electrons. The third-order valence-corrected chi connectivity index (χ3v) is 4.85. The molecule has 0 aromatic heterocycles. The number of carboxylic acid groups (broad SMARTS) is 1. The first-order chi connectivity index (χ1) is 8.30. The normalized spacial score (nSPS) is 25.3. The number of aliphatic carboxylic acids is 1. The minimum absolute atomic E-state index is 0.0854. The van der Waals surface area contributed by atoms with Gasteiger partial charge < -0.3 is 5.11 Å². The van der Waals surface area contributed by atoms with E-state index in [0.29, 0.717) is 38.0 Å². The molecular formula is C12H23NO4S. The Bertz CT molecular complexity index is 370. The molecule has 0 spiro atoms. The molecule has 1 saturated carbocycles. The summed E-state index contributed by atoms with van der Waals surface area (Å²) in [7, 11) is -3.21. The smallest absolute Gasteiger partial charge is 0.306 e. The van der Waals surface area contributed by atoms with Crippen molar-refractivity contribution in [2.75, 3.05) is 5.75 Å². The van der Waals surface area contributed by atoms with Gasteiger partial charge in [0.15, 0.2) is 0 Å². The zero-order chi connectivity index (χ0) is 13.8. The van der Waals surface area contributed by atoms with E-state index in [4.69, 9.17) is 5.11 Å². The minimum Gasteiger partial charge on any atom is -0.481 e. The lowest BCUT2D eigenvalue weighted by atomic mass is 9.87. The largest absolute Gasteiger partial charge is 0.481 e. The van der Waals surface area contributed by atoms with E-state index in [1.807, 2.05) is 13.8 Å². The highest BCUT2D eigenvalue weighted by Gasteiger charge is 2.28. The zero-order valence-electron chi connectivity index (χ0n) is 11.1. The summed E-state index contributed by atoms with van der Waals surface area (Å²) in [6, 6.07) is -0.0854. The number of carboxylic acids is 1. The first kappa shape index (κ1) is 15.4. The third-order valence-electron chi connectivity index (χ3n) is 3.39. The lowest BCUT2D eigenvalue weighted by Crippen LogP contribution is -2.39. The van der Waals surface area contributed by atoms with Crippen molar-refractivity contribution in [1.29, 1.82) is 0 Å². The Kier molecular flexibility index (Phi) is 5.59. The average Bonchev–Trinajstić information content (AvgIpc) is 2.27. The van der Waals surface area contributed by atoms with Crippen LogP contribution in [0.25, 0.3) is 0 Å². The van der Waals surface area contributed by atoms with Crippen LogP contribution in [0.5, 0.6) is 0 Å². The van der Waals surface area contributed by atoms with E-state index in [1.165, 1.54) is 0 Å². The lowest BCUT2D eigenvalue weighted by molar-refractivity contribution is -0.142. The molecule has 0 atom stereocenters. The lowest BCUT2D eigenvalue weighted by Gasteiger charge is -2.26. The van der Waals surface area contributed by atoms with E-state index in [2.05, 4.69) is 4.72 Å².